The van der Waals surface area contributed by atoms with Gasteiger partial charge in [-0.2, -0.15) is 0 Å². The minimum atomic E-state index is 0.692. The molecule has 4 heteroatoms. The molecule has 0 spiro atoms. The van der Waals surface area contributed by atoms with Crippen LogP contribution in [-0.2, 0) is 0 Å². The van der Waals surface area contributed by atoms with E-state index in [1.54, 1.807) is 0 Å². The van der Waals surface area contributed by atoms with E-state index in [4.69, 9.17) is 0 Å². The molecule has 5 aliphatic rings. The molecule has 21 heavy (non-hydrogen) atoms. The third kappa shape index (κ3) is 2.33. The Morgan fingerprint density at radius 3 is 3.00 bits per heavy atom. The van der Waals surface area contributed by atoms with Crippen LogP contribution in [-0.4, -0.2) is 47.3 Å². The maximum Gasteiger partial charge on any atom is 0.0461 e. The maximum atomic E-state index is 3.71. The Bertz CT molecular complexity index is 534. The highest BCUT2D eigenvalue weighted by Crippen LogP contribution is 2.41. The molecule has 112 valence electrons. The molecule has 0 amide bonds. The zero-order valence-corrected chi connectivity index (χ0v) is 13.2. The van der Waals surface area contributed by atoms with Crippen molar-refractivity contribution in [3.63, 3.8) is 0 Å². The van der Waals surface area contributed by atoms with Gasteiger partial charge in [0.25, 0.3) is 0 Å². The van der Waals surface area contributed by atoms with E-state index < -0.39 is 0 Å². The molecule has 2 bridgehead atoms. The van der Waals surface area contributed by atoms with Crippen LogP contribution in [0, 0.1) is 5.92 Å². The molecule has 0 radical (unpaired) electrons. The van der Waals surface area contributed by atoms with Gasteiger partial charge >= 0.3 is 0 Å². The standard InChI is InChI=1S/C17H23N3S/c1-2-13(1)18-16-11-21-17-10-20(6-4-15(16)17)14-7-12-3-5-19(8-12)9-14/h4,6,10,12-14,18H,1-3,5,7-9,11H2/t12-,14-/m1/s1. The number of hydrogen-bond acceptors (Lipinski definition) is 4. The fourth-order valence-corrected chi connectivity index (χ4v) is 5.23. The van der Waals surface area contributed by atoms with Gasteiger partial charge in [-0.15, -0.1) is 11.8 Å². The van der Waals surface area contributed by atoms with Crippen molar-refractivity contribution >= 4 is 11.8 Å². The zero-order valence-electron chi connectivity index (χ0n) is 12.4. The third-order valence-corrected chi connectivity index (χ3v) is 6.53. The summed E-state index contributed by atoms with van der Waals surface area (Å²) in [5.41, 5.74) is 2.93. The molecule has 4 aliphatic heterocycles. The Balaban J connectivity index is 1.34. The number of allylic oxidation sites excluding steroid dienone is 2. The van der Waals surface area contributed by atoms with Crippen molar-refractivity contribution in [2.45, 2.75) is 37.8 Å². The van der Waals surface area contributed by atoms with Gasteiger partial charge in [0, 0.05) is 59.5 Å². The minimum Gasteiger partial charge on any atom is -0.384 e. The molecule has 5 rings (SSSR count). The fraction of sp³-hybridized carbons (Fsp3) is 0.647. The van der Waals surface area contributed by atoms with E-state index in [-0.39, 0.29) is 0 Å². The van der Waals surface area contributed by atoms with Crippen LogP contribution in [0.3, 0.4) is 0 Å². The summed E-state index contributed by atoms with van der Waals surface area (Å²) in [4.78, 5) is 6.63. The number of rotatable bonds is 3. The Morgan fingerprint density at radius 1 is 1.19 bits per heavy atom. The lowest BCUT2D eigenvalue weighted by molar-refractivity contribution is 0.173. The highest BCUT2D eigenvalue weighted by Gasteiger charge is 2.35. The molecular weight excluding hydrogens is 278 g/mol. The van der Waals surface area contributed by atoms with Crippen LogP contribution in [0.4, 0.5) is 0 Å². The van der Waals surface area contributed by atoms with E-state index in [2.05, 4.69) is 33.6 Å². The largest absolute Gasteiger partial charge is 0.384 e. The van der Waals surface area contributed by atoms with Crippen LogP contribution < -0.4 is 5.32 Å². The second-order valence-corrected chi connectivity index (χ2v) is 8.18. The van der Waals surface area contributed by atoms with Crippen molar-refractivity contribution in [3.05, 3.63) is 34.7 Å². The third-order valence-electron chi connectivity index (χ3n) is 5.46. The van der Waals surface area contributed by atoms with E-state index in [9.17, 15) is 0 Å². The SMILES string of the molecule is C1=CN([C@@H]2C[C@H]3CCN(C3)C2)C=C2SCC(NC3CC3)=C12. The summed E-state index contributed by atoms with van der Waals surface area (Å²) in [5.74, 6) is 2.07. The van der Waals surface area contributed by atoms with Crippen molar-refractivity contribution in [1.29, 1.82) is 0 Å². The van der Waals surface area contributed by atoms with Crippen LogP contribution in [0.2, 0.25) is 0 Å². The number of nitrogens with zero attached hydrogens (tertiary/aromatic N) is 2. The van der Waals surface area contributed by atoms with Crippen LogP contribution in [0.25, 0.3) is 0 Å². The Labute approximate surface area is 131 Å². The van der Waals surface area contributed by atoms with Crippen LogP contribution in [0.15, 0.2) is 34.7 Å². The van der Waals surface area contributed by atoms with E-state index in [0.29, 0.717) is 6.04 Å². The normalized spacial score (nSPS) is 37.8. The predicted octanol–water partition coefficient (Wildman–Crippen LogP) is 2.50. The van der Waals surface area contributed by atoms with Gasteiger partial charge < -0.3 is 15.1 Å². The molecular formula is C17H23N3S. The average Bonchev–Trinajstić information content (AvgIpc) is 3.15. The summed E-state index contributed by atoms with van der Waals surface area (Å²) in [7, 11) is 0. The van der Waals surface area contributed by atoms with E-state index in [0.717, 1.165) is 17.7 Å². The van der Waals surface area contributed by atoms with Gasteiger partial charge in [0.1, 0.15) is 0 Å². The van der Waals surface area contributed by atoms with E-state index >= 15 is 0 Å². The number of thioether (sulfide) groups is 1. The minimum absolute atomic E-state index is 0.692. The molecule has 0 aromatic carbocycles. The molecule has 3 nitrogen and oxygen atoms in total. The Morgan fingerprint density at radius 2 is 2.14 bits per heavy atom. The molecule has 1 N–H and O–H groups in total. The molecule has 0 aromatic rings. The van der Waals surface area contributed by atoms with Gasteiger partial charge in [-0.25, -0.2) is 0 Å². The monoisotopic (exact) mass is 301 g/mol. The van der Waals surface area contributed by atoms with Gasteiger partial charge in [-0.1, -0.05) is 0 Å². The van der Waals surface area contributed by atoms with Crippen molar-refractivity contribution in [2.75, 3.05) is 25.4 Å². The highest BCUT2D eigenvalue weighted by atomic mass is 32.2. The first-order valence-corrected chi connectivity index (χ1v) is 9.36. The molecule has 1 aliphatic carbocycles. The second-order valence-electron chi connectivity index (χ2n) is 7.16. The van der Waals surface area contributed by atoms with E-state index in [1.165, 1.54) is 61.5 Å². The first kappa shape index (κ1) is 12.7. The summed E-state index contributed by atoms with van der Waals surface area (Å²) >= 11 is 2.01. The highest BCUT2D eigenvalue weighted by molar-refractivity contribution is 8.03. The zero-order chi connectivity index (χ0) is 13.8. The number of piperidine rings is 1. The first-order chi connectivity index (χ1) is 10.3. The topological polar surface area (TPSA) is 18.5 Å². The molecule has 1 unspecified atom stereocenters. The lowest BCUT2D eigenvalue weighted by atomic mass is 9.95. The van der Waals surface area contributed by atoms with Gasteiger partial charge in [0.05, 0.1) is 0 Å². The van der Waals surface area contributed by atoms with Crippen LogP contribution in [0.1, 0.15) is 25.7 Å². The number of nitrogens with one attached hydrogen (secondary N) is 1. The van der Waals surface area contributed by atoms with Gasteiger partial charge in [-0.3, -0.25) is 0 Å². The second kappa shape index (κ2) is 4.82. The average molecular weight is 301 g/mol. The summed E-state index contributed by atoms with van der Waals surface area (Å²) in [6.45, 7) is 3.92. The molecule has 1 saturated carbocycles. The van der Waals surface area contributed by atoms with Crippen molar-refractivity contribution in [3.8, 4) is 0 Å². The maximum absolute atomic E-state index is 3.71. The summed E-state index contributed by atoms with van der Waals surface area (Å²) < 4.78 is 0. The molecule has 3 atom stereocenters. The quantitative estimate of drug-likeness (QED) is 0.863. The molecule has 3 fully saturated rings. The first-order valence-electron chi connectivity index (χ1n) is 8.38. The Hall–Kier alpha value is -0.870. The van der Waals surface area contributed by atoms with Gasteiger partial charge in [0.15, 0.2) is 0 Å². The molecule has 2 saturated heterocycles. The number of hydrogen-bond donors (Lipinski definition) is 1. The van der Waals surface area contributed by atoms with E-state index in [1.807, 2.05) is 11.8 Å². The Kier molecular flexibility index (Phi) is 2.90. The molecule has 0 aromatic heterocycles. The smallest absolute Gasteiger partial charge is 0.0461 e. The summed E-state index contributed by atoms with van der Waals surface area (Å²) in [6.07, 6.45) is 12.6. The lowest BCUT2D eigenvalue weighted by Crippen LogP contribution is -2.43. The lowest BCUT2D eigenvalue weighted by Gasteiger charge is -2.37. The van der Waals surface area contributed by atoms with Crippen molar-refractivity contribution in [2.24, 2.45) is 5.92 Å². The number of fused-ring (bicyclic) bond motifs is 3. The van der Waals surface area contributed by atoms with Crippen molar-refractivity contribution < 1.29 is 0 Å². The molecule has 4 heterocycles. The summed E-state index contributed by atoms with van der Waals surface area (Å²) in [5, 5.41) is 3.71. The fourth-order valence-electron chi connectivity index (χ4n) is 4.15. The summed E-state index contributed by atoms with van der Waals surface area (Å²) in [6, 6.07) is 1.46. The van der Waals surface area contributed by atoms with Crippen LogP contribution in [0.5, 0.6) is 0 Å². The van der Waals surface area contributed by atoms with Gasteiger partial charge in [0.2, 0.25) is 0 Å². The van der Waals surface area contributed by atoms with Crippen molar-refractivity contribution in [1.82, 2.24) is 15.1 Å². The van der Waals surface area contributed by atoms with Crippen LogP contribution >= 0.6 is 11.8 Å². The predicted molar refractivity (Wildman–Crippen MR) is 87.7 cm³/mol. The van der Waals surface area contributed by atoms with Gasteiger partial charge in [-0.05, 0) is 44.2 Å².